The van der Waals surface area contributed by atoms with Gasteiger partial charge in [0.05, 0.1) is 4.34 Å². The summed E-state index contributed by atoms with van der Waals surface area (Å²) in [7, 11) is 0. The highest BCUT2D eigenvalue weighted by Gasteiger charge is 2.00. The quantitative estimate of drug-likeness (QED) is 0.760. The van der Waals surface area contributed by atoms with Crippen molar-refractivity contribution in [2.24, 2.45) is 0 Å². The second-order valence-corrected chi connectivity index (χ2v) is 4.37. The van der Waals surface area contributed by atoms with Crippen LogP contribution in [0.2, 0.25) is 4.34 Å². The van der Waals surface area contributed by atoms with Crippen LogP contribution in [0.1, 0.15) is 0 Å². The van der Waals surface area contributed by atoms with Crippen molar-refractivity contribution in [2.75, 3.05) is 0 Å². The minimum atomic E-state index is 0.284. The van der Waals surface area contributed by atoms with Crippen molar-refractivity contribution in [1.29, 1.82) is 0 Å². The number of phenols is 1. The number of hydrogen-bond acceptors (Lipinski definition) is 2. The van der Waals surface area contributed by atoms with Crippen molar-refractivity contribution in [3.8, 4) is 16.2 Å². The molecule has 1 N–H and O–H groups in total. The fourth-order valence-corrected chi connectivity index (χ4v) is 2.14. The molecule has 66 valence electrons. The molecular weight excluding hydrogens is 204 g/mol. The van der Waals surface area contributed by atoms with Crippen LogP contribution in [0.25, 0.3) is 10.4 Å². The second-order valence-electron chi connectivity index (χ2n) is 2.65. The molecule has 2 rings (SSSR count). The Labute approximate surface area is 85.2 Å². The maximum atomic E-state index is 9.09. The Bertz CT molecular complexity index is 405. The van der Waals surface area contributed by atoms with Gasteiger partial charge in [-0.05, 0) is 42.0 Å². The summed E-state index contributed by atoms with van der Waals surface area (Å²) in [6.45, 7) is 0. The molecule has 0 fully saturated rings. The summed E-state index contributed by atoms with van der Waals surface area (Å²) < 4.78 is 0.781. The summed E-state index contributed by atoms with van der Waals surface area (Å²) in [4.78, 5) is 1.12. The van der Waals surface area contributed by atoms with Crippen molar-refractivity contribution in [3.63, 3.8) is 0 Å². The van der Waals surface area contributed by atoms with Crippen molar-refractivity contribution >= 4 is 22.9 Å². The number of phenolic OH excluding ortho intramolecular Hbond substituents is 1. The van der Waals surface area contributed by atoms with Gasteiger partial charge in [-0.15, -0.1) is 11.3 Å². The number of thiophene rings is 1. The van der Waals surface area contributed by atoms with Gasteiger partial charge in [0.15, 0.2) is 0 Å². The lowest BCUT2D eigenvalue weighted by atomic mass is 10.2. The van der Waals surface area contributed by atoms with Gasteiger partial charge in [-0.25, -0.2) is 0 Å². The first-order valence-electron chi connectivity index (χ1n) is 3.80. The zero-order chi connectivity index (χ0) is 9.26. The Balaban J connectivity index is 2.41. The van der Waals surface area contributed by atoms with Crippen LogP contribution in [0.4, 0.5) is 0 Å². The topological polar surface area (TPSA) is 20.2 Å². The Kier molecular flexibility index (Phi) is 2.25. The van der Waals surface area contributed by atoms with Crippen LogP contribution in [-0.2, 0) is 0 Å². The summed E-state index contributed by atoms with van der Waals surface area (Å²) in [6, 6.07) is 10.9. The lowest BCUT2D eigenvalue weighted by Crippen LogP contribution is -1.69. The van der Waals surface area contributed by atoms with Crippen LogP contribution in [0, 0.1) is 0 Å². The van der Waals surface area contributed by atoms with E-state index in [9.17, 15) is 0 Å². The van der Waals surface area contributed by atoms with Gasteiger partial charge in [0.25, 0.3) is 0 Å². The predicted molar refractivity (Wildman–Crippen MR) is 56.4 cm³/mol. The molecular formula is C10H7ClOS. The van der Waals surface area contributed by atoms with Gasteiger partial charge in [-0.3, -0.25) is 0 Å². The SMILES string of the molecule is Oc1ccc(-c2ccc(Cl)s2)cc1. The van der Waals surface area contributed by atoms with Gasteiger partial charge in [-0.2, -0.15) is 0 Å². The largest absolute Gasteiger partial charge is 0.508 e. The number of rotatable bonds is 1. The Morgan fingerprint density at radius 3 is 2.23 bits per heavy atom. The van der Waals surface area contributed by atoms with Crippen molar-refractivity contribution in [1.82, 2.24) is 0 Å². The van der Waals surface area contributed by atoms with E-state index < -0.39 is 0 Å². The van der Waals surface area contributed by atoms with E-state index in [0.717, 1.165) is 14.8 Å². The highest BCUT2D eigenvalue weighted by molar-refractivity contribution is 7.19. The minimum Gasteiger partial charge on any atom is -0.508 e. The molecule has 0 unspecified atom stereocenters. The fraction of sp³-hybridized carbons (Fsp3) is 0. The molecule has 0 spiro atoms. The Morgan fingerprint density at radius 1 is 1.00 bits per heavy atom. The fourth-order valence-electron chi connectivity index (χ4n) is 1.10. The first kappa shape index (κ1) is 8.60. The molecule has 0 bridgehead atoms. The zero-order valence-corrected chi connectivity index (χ0v) is 8.27. The zero-order valence-electron chi connectivity index (χ0n) is 6.70. The molecule has 1 aromatic carbocycles. The van der Waals surface area contributed by atoms with Gasteiger partial charge >= 0.3 is 0 Å². The molecule has 0 aliphatic carbocycles. The molecule has 0 atom stereocenters. The Hall–Kier alpha value is -0.990. The summed E-state index contributed by atoms with van der Waals surface area (Å²) >= 11 is 7.34. The minimum absolute atomic E-state index is 0.284. The van der Waals surface area contributed by atoms with Gasteiger partial charge in [0.1, 0.15) is 5.75 Å². The third-order valence-electron chi connectivity index (χ3n) is 1.73. The van der Waals surface area contributed by atoms with Crippen molar-refractivity contribution in [3.05, 3.63) is 40.7 Å². The lowest BCUT2D eigenvalue weighted by Gasteiger charge is -1.96. The molecule has 3 heteroatoms. The molecule has 0 saturated heterocycles. The number of aromatic hydroxyl groups is 1. The smallest absolute Gasteiger partial charge is 0.115 e. The molecule has 1 aromatic heterocycles. The van der Waals surface area contributed by atoms with E-state index in [1.807, 2.05) is 24.3 Å². The van der Waals surface area contributed by atoms with Crippen LogP contribution in [-0.4, -0.2) is 5.11 Å². The average molecular weight is 211 g/mol. The maximum absolute atomic E-state index is 9.09. The molecule has 1 nitrogen and oxygen atoms in total. The van der Waals surface area contributed by atoms with Crippen LogP contribution in [0.3, 0.4) is 0 Å². The van der Waals surface area contributed by atoms with E-state index >= 15 is 0 Å². The molecule has 0 saturated carbocycles. The van der Waals surface area contributed by atoms with Crippen LogP contribution >= 0.6 is 22.9 Å². The van der Waals surface area contributed by atoms with Crippen molar-refractivity contribution < 1.29 is 5.11 Å². The number of hydrogen-bond donors (Lipinski definition) is 1. The molecule has 1 heterocycles. The first-order chi connectivity index (χ1) is 6.25. The molecule has 0 amide bonds. The molecule has 0 radical (unpaired) electrons. The van der Waals surface area contributed by atoms with Crippen LogP contribution < -0.4 is 0 Å². The first-order valence-corrected chi connectivity index (χ1v) is 5.00. The third-order valence-corrected chi connectivity index (χ3v) is 3.01. The Morgan fingerprint density at radius 2 is 1.69 bits per heavy atom. The highest BCUT2D eigenvalue weighted by Crippen LogP contribution is 2.31. The lowest BCUT2D eigenvalue weighted by molar-refractivity contribution is 0.475. The standard InChI is InChI=1S/C10H7ClOS/c11-10-6-5-9(13-10)7-1-3-8(12)4-2-7/h1-6,12H. The average Bonchev–Trinajstić information content (AvgIpc) is 2.53. The van der Waals surface area contributed by atoms with Crippen LogP contribution in [0.15, 0.2) is 36.4 Å². The van der Waals surface area contributed by atoms with E-state index in [-0.39, 0.29) is 5.75 Å². The van der Waals surface area contributed by atoms with E-state index in [1.54, 1.807) is 12.1 Å². The van der Waals surface area contributed by atoms with E-state index in [2.05, 4.69) is 0 Å². The third kappa shape index (κ3) is 1.85. The van der Waals surface area contributed by atoms with Gasteiger partial charge < -0.3 is 5.11 Å². The predicted octanol–water partition coefficient (Wildman–Crippen LogP) is 3.77. The van der Waals surface area contributed by atoms with Gasteiger partial charge in [0, 0.05) is 4.88 Å². The maximum Gasteiger partial charge on any atom is 0.115 e. The molecule has 0 aliphatic rings. The van der Waals surface area contributed by atoms with Crippen molar-refractivity contribution in [2.45, 2.75) is 0 Å². The second kappa shape index (κ2) is 3.40. The number of halogens is 1. The van der Waals surface area contributed by atoms with E-state index in [0.29, 0.717) is 0 Å². The van der Waals surface area contributed by atoms with Gasteiger partial charge in [-0.1, -0.05) is 11.6 Å². The molecule has 13 heavy (non-hydrogen) atoms. The molecule has 2 aromatic rings. The molecule has 0 aliphatic heterocycles. The summed E-state index contributed by atoms with van der Waals surface area (Å²) in [5.41, 5.74) is 1.08. The number of benzene rings is 1. The highest BCUT2D eigenvalue weighted by atomic mass is 35.5. The normalized spacial score (nSPS) is 10.2. The summed E-state index contributed by atoms with van der Waals surface area (Å²) in [5.74, 6) is 0.284. The monoisotopic (exact) mass is 210 g/mol. The van der Waals surface area contributed by atoms with E-state index in [1.165, 1.54) is 11.3 Å². The van der Waals surface area contributed by atoms with E-state index in [4.69, 9.17) is 16.7 Å². The van der Waals surface area contributed by atoms with Gasteiger partial charge in [0.2, 0.25) is 0 Å². The van der Waals surface area contributed by atoms with Crippen LogP contribution in [0.5, 0.6) is 5.75 Å². The summed E-state index contributed by atoms with van der Waals surface area (Å²) in [6.07, 6.45) is 0. The summed E-state index contributed by atoms with van der Waals surface area (Å²) in [5, 5.41) is 9.09.